The first kappa shape index (κ1) is 15.5. The van der Waals surface area contributed by atoms with Crippen LogP contribution in [0.2, 0.25) is 0 Å². The van der Waals surface area contributed by atoms with E-state index in [1.165, 1.54) is 36.1 Å². The van der Waals surface area contributed by atoms with Gasteiger partial charge in [0.1, 0.15) is 18.2 Å². The molecule has 1 amide bonds. The number of carbonyl (C=O) groups excluding carboxylic acids is 2. The average molecular weight is 306 g/mol. The van der Waals surface area contributed by atoms with Crippen LogP contribution in [-0.2, 0) is 20.9 Å². The number of halogens is 1. The Balaban J connectivity index is 2.20. The van der Waals surface area contributed by atoms with Crippen molar-refractivity contribution >= 4 is 17.7 Å². The van der Waals surface area contributed by atoms with Crippen LogP contribution in [0.1, 0.15) is 11.6 Å². The molecular formula is C14H15FN4O3. The molecule has 0 saturated heterocycles. The van der Waals surface area contributed by atoms with Crippen LogP contribution in [0.25, 0.3) is 0 Å². The fourth-order valence-electron chi connectivity index (χ4n) is 1.89. The number of nitrogens with zero attached hydrogens (tertiary/aromatic N) is 2. The first-order chi connectivity index (χ1) is 10.5. The predicted molar refractivity (Wildman–Crippen MR) is 76.2 cm³/mol. The van der Waals surface area contributed by atoms with Gasteiger partial charge in [0, 0.05) is 12.3 Å². The quantitative estimate of drug-likeness (QED) is 0.770. The number of esters is 1. The number of carbonyl (C=O) groups is 2. The summed E-state index contributed by atoms with van der Waals surface area (Å²) in [5.74, 6) is -1.12. The number of amides is 1. The molecule has 0 unspecified atom stereocenters. The van der Waals surface area contributed by atoms with Gasteiger partial charge in [-0.15, -0.1) is 0 Å². The van der Waals surface area contributed by atoms with Gasteiger partial charge in [-0.2, -0.15) is 5.10 Å². The van der Waals surface area contributed by atoms with Crippen molar-refractivity contribution < 1.29 is 18.7 Å². The van der Waals surface area contributed by atoms with Gasteiger partial charge in [0.15, 0.2) is 6.04 Å². The van der Waals surface area contributed by atoms with E-state index in [0.717, 1.165) is 0 Å². The number of primary amides is 1. The topological polar surface area (TPSA) is 99.2 Å². The third-order valence-corrected chi connectivity index (χ3v) is 2.89. The number of nitrogens with two attached hydrogens (primary N) is 1. The predicted octanol–water partition coefficient (Wildman–Crippen LogP) is 0.834. The minimum absolute atomic E-state index is 0.0683. The largest absolute Gasteiger partial charge is 0.467 e. The highest BCUT2D eigenvalue weighted by Gasteiger charge is 2.22. The van der Waals surface area contributed by atoms with E-state index in [0.29, 0.717) is 11.4 Å². The molecule has 8 heteroatoms. The van der Waals surface area contributed by atoms with Gasteiger partial charge in [0.25, 0.3) is 0 Å². The van der Waals surface area contributed by atoms with E-state index in [2.05, 4.69) is 10.4 Å². The summed E-state index contributed by atoms with van der Waals surface area (Å²) in [7, 11) is 1.26. The maximum absolute atomic E-state index is 13.0. The average Bonchev–Trinajstić information content (AvgIpc) is 2.91. The van der Waals surface area contributed by atoms with E-state index in [1.54, 1.807) is 12.3 Å². The second kappa shape index (κ2) is 6.70. The van der Waals surface area contributed by atoms with Gasteiger partial charge in [0.05, 0.1) is 7.11 Å². The van der Waals surface area contributed by atoms with Crippen LogP contribution < -0.4 is 11.1 Å². The summed E-state index contributed by atoms with van der Waals surface area (Å²) >= 11 is 0. The summed E-state index contributed by atoms with van der Waals surface area (Å²) in [4.78, 5) is 22.7. The minimum Gasteiger partial charge on any atom is -0.467 e. The molecule has 0 saturated carbocycles. The molecule has 1 atom stereocenters. The first-order valence-electron chi connectivity index (χ1n) is 6.41. The van der Waals surface area contributed by atoms with Gasteiger partial charge in [0.2, 0.25) is 5.91 Å². The Morgan fingerprint density at radius 2 is 2.05 bits per heavy atom. The molecule has 116 valence electrons. The van der Waals surface area contributed by atoms with Crippen molar-refractivity contribution in [2.24, 2.45) is 5.73 Å². The number of benzene rings is 1. The molecule has 0 aliphatic carbocycles. The Morgan fingerprint density at radius 1 is 1.36 bits per heavy atom. The number of hydrogen-bond acceptors (Lipinski definition) is 5. The first-order valence-corrected chi connectivity index (χ1v) is 6.41. The molecule has 1 heterocycles. The van der Waals surface area contributed by atoms with Crippen molar-refractivity contribution in [2.75, 3.05) is 12.4 Å². The van der Waals surface area contributed by atoms with Gasteiger partial charge in [-0.05, 0) is 17.7 Å². The Kier molecular flexibility index (Phi) is 4.72. The molecule has 0 fully saturated rings. The molecule has 7 nitrogen and oxygen atoms in total. The number of ether oxygens (including phenoxy) is 1. The molecular weight excluding hydrogens is 291 g/mol. The van der Waals surface area contributed by atoms with Crippen molar-refractivity contribution in [2.45, 2.75) is 12.6 Å². The standard InChI is InChI=1S/C14H15FN4O3/c1-22-14(21)13(9-2-4-10(15)5-3-9)17-12-6-7-19(18-12)8-11(16)20/h2-7,13H,8H2,1H3,(H2,16,20)(H,17,18)/t13-/m0/s1. The van der Waals surface area contributed by atoms with Gasteiger partial charge in [-0.25, -0.2) is 9.18 Å². The molecule has 0 bridgehead atoms. The summed E-state index contributed by atoms with van der Waals surface area (Å²) in [5, 5.41) is 6.95. The number of methoxy groups -OCH3 is 1. The molecule has 1 aromatic heterocycles. The molecule has 0 aliphatic heterocycles. The van der Waals surface area contributed by atoms with Crippen molar-refractivity contribution in [1.29, 1.82) is 0 Å². The molecule has 1 aromatic carbocycles. The van der Waals surface area contributed by atoms with Crippen LogP contribution in [-0.4, -0.2) is 28.8 Å². The van der Waals surface area contributed by atoms with Crippen molar-refractivity contribution in [3.8, 4) is 0 Å². The van der Waals surface area contributed by atoms with E-state index in [4.69, 9.17) is 10.5 Å². The van der Waals surface area contributed by atoms with Crippen LogP contribution in [0.4, 0.5) is 10.2 Å². The summed E-state index contributed by atoms with van der Waals surface area (Å²) < 4.78 is 19.1. The van der Waals surface area contributed by atoms with Gasteiger partial charge < -0.3 is 15.8 Å². The molecule has 3 N–H and O–H groups in total. The van der Waals surface area contributed by atoms with E-state index >= 15 is 0 Å². The van der Waals surface area contributed by atoms with E-state index in [-0.39, 0.29) is 6.54 Å². The number of anilines is 1. The third kappa shape index (κ3) is 3.81. The van der Waals surface area contributed by atoms with Crippen molar-refractivity contribution in [3.05, 3.63) is 47.9 Å². The number of aromatic nitrogens is 2. The Hall–Kier alpha value is -2.90. The zero-order valence-corrected chi connectivity index (χ0v) is 11.8. The second-order valence-electron chi connectivity index (χ2n) is 4.52. The minimum atomic E-state index is -0.845. The maximum atomic E-state index is 13.0. The number of rotatable bonds is 6. The smallest absolute Gasteiger partial charge is 0.333 e. The van der Waals surface area contributed by atoms with Crippen LogP contribution in [0.15, 0.2) is 36.5 Å². The highest BCUT2D eigenvalue weighted by molar-refractivity contribution is 5.80. The lowest BCUT2D eigenvalue weighted by atomic mass is 10.1. The van der Waals surface area contributed by atoms with Crippen LogP contribution in [0.3, 0.4) is 0 Å². The van der Waals surface area contributed by atoms with Crippen molar-refractivity contribution in [3.63, 3.8) is 0 Å². The van der Waals surface area contributed by atoms with E-state index < -0.39 is 23.7 Å². The maximum Gasteiger partial charge on any atom is 0.333 e. The lowest BCUT2D eigenvalue weighted by Gasteiger charge is -2.16. The highest BCUT2D eigenvalue weighted by Crippen LogP contribution is 2.20. The monoisotopic (exact) mass is 306 g/mol. The van der Waals surface area contributed by atoms with Crippen LogP contribution in [0, 0.1) is 5.82 Å². The molecule has 0 aliphatic rings. The Morgan fingerprint density at radius 3 is 2.64 bits per heavy atom. The molecule has 2 aromatic rings. The van der Waals surface area contributed by atoms with Gasteiger partial charge in [-0.3, -0.25) is 9.48 Å². The zero-order chi connectivity index (χ0) is 16.1. The zero-order valence-electron chi connectivity index (χ0n) is 11.8. The summed E-state index contributed by atoms with van der Waals surface area (Å²) in [6.07, 6.45) is 1.55. The molecule has 0 spiro atoms. The fraction of sp³-hybridized carbons (Fsp3) is 0.214. The van der Waals surface area contributed by atoms with Crippen LogP contribution in [0.5, 0.6) is 0 Å². The molecule has 2 rings (SSSR count). The Bertz CT molecular complexity index is 669. The third-order valence-electron chi connectivity index (χ3n) is 2.89. The summed E-state index contributed by atoms with van der Waals surface area (Å²) in [6, 6.07) is 6.19. The molecule has 0 radical (unpaired) electrons. The van der Waals surface area contributed by atoms with E-state index in [1.807, 2.05) is 0 Å². The normalized spacial score (nSPS) is 11.7. The Labute approximate surface area is 125 Å². The lowest BCUT2D eigenvalue weighted by molar-refractivity contribution is -0.141. The second-order valence-corrected chi connectivity index (χ2v) is 4.52. The van der Waals surface area contributed by atoms with E-state index in [9.17, 15) is 14.0 Å². The SMILES string of the molecule is COC(=O)[C@@H](Nc1ccn(CC(N)=O)n1)c1ccc(F)cc1. The molecule has 22 heavy (non-hydrogen) atoms. The lowest BCUT2D eigenvalue weighted by Crippen LogP contribution is -2.23. The van der Waals surface area contributed by atoms with Gasteiger partial charge in [-0.1, -0.05) is 12.1 Å². The van der Waals surface area contributed by atoms with Crippen LogP contribution >= 0.6 is 0 Å². The summed E-state index contributed by atoms with van der Waals surface area (Å²) in [6.45, 7) is -0.0683. The highest BCUT2D eigenvalue weighted by atomic mass is 19.1. The fourth-order valence-corrected chi connectivity index (χ4v) is 1.89. The van der Waals surface area contributed by atoms with Gasteiger partial charge >= 0.3 is 5.97 Å². The van der Waals surface area contributed by atoms with Crippen molar-refractivity contribution in [1.82, 2.24) is 9.78 Å². The number of hydrogen-bond donors (Lipinski definition) is 2. The summed E-state index contributed by atoms with van der Waals surface area (Å²) in [5.41, 5.74) is 5.61. The number of nitrogens with one attached hydrogen (secondary N) is 1.